The van der Waals surface area contributed by atoms with Crippen molar-refractivity contribution in [2.24, 2.45) is 0 Å². The van der Waals surface area contributed by atoms with Gasteiger partial charge in [-0.3, -0.25) is 0 Å². The summed E-state index contributed by atoms with van der Waals surface area (Å²) in [5.41, 5.74) is 5.05. The van der Waals surface area contributed by atoms with Crippen LogP contribution in [0.25, 0.3) is 0 Å². The maximum absolute atomic E-state index is 6.60. The van der Waals surface area contributed by atoms with Crippen LogP contribution >= 0.6 is 11.6 Å². The summed E-state index contributed by atoms with van der Waals surface area (Å²) in [6, 6.07) is 30.1. The quantitative estimate of drug-likeness (QED) is 0.279. The molecule has 0 saturated carbocycles. The van der Waals surface area contributed by atoms with Gasteiger partial charge in [0.25, 0.3) is 0 Å². The zero-order chi connectivity index (χ0) is 23.8. The van der Waals surface area contributed by atoms with Crippen molar-refractivity contribution < 1.29 is 4.74 Å². The van der Waals surface area contributed by atoms with E-state index in [1.54, 1.807) is 0 Å². The van der Waals surface area contributed by atoms with E-state index >= 15 is 0 Å². The molecule has 3 aromatic rings. The molecular formula is C29H36ClN3O. The molecule has 0 aromatic heterocycles. The molecule has 0 bridgehead atoms. The van der Waals surface area contributed by atoms with Crippen molar-refractivity contribution in [2.75, 3.05) is 58.3 Å². The lowest BCUT2D eigenvalue weighted by Gasteiger charge is -2.42. The SMILES string of the molecule is CN(CCOCc1ccccc1N1CCN(C)CC1c1ccccc1)CC(Cl)c1ccccc1. The van der Waals surface area contributed by atoms with Gasteiger partial charge in [-0.25, -0.2) is 0 Å². The number of halogens is 1. The summed E-state index contributed by atoms with van der Waals surface area (Å²) in [5, 5.41) is -0.0147. The zero-order valence-corrected chi connectivity index (χ0v) is 21.1. The minimum Gasteiger partial charge on any atom is -0.375 e. The number of likely N-dealkylation sites (N-methyl/N-ethyl adjacent to an activating group) is 2. The molecule has 5 heteroatoms. The lowest BCUT2D eigenvalue weighted by molar-refractivity contribution is 0.0996. The average Bonchev–Trinajstić information content (AvgIpc) is 2.88. The minimum atomic E-state index is -0.0147. The molecule has 0 aliphatic carbocycles. The van der Waals surface area contributed by atoms with Gasteiger partial charge < -0.3 is 19.4 Å². The van der Waals surface area contributed by atoms with Gasteiger partial charge in [0.1, 0.15) is 0 Å². The fourth-order valence-corrected chi connectivity index (χ4v) is 5.00. The van der Waals surface area contributed by atoms with Crippen LogP contribution in [-0.2, 0) is 11.3 Å². The van der Waals surface area contributed by atoms with E-state index in [2.05, 4.69) is 95.5 Å². The average molecular weight is 478 g/mol. The molecule has 1 fully saturated rings. The Morgan fingerprint density at radius 2 is 1.62 bits per heavy atom. The second-order valence-corrected chi connectivity index (χ2v) is 9.73. The summed E-state index contributed by atoms with van der Waals surface area (Å²) in [5.74, 6) is 0. The molecule has 34 heavy (non-hydrogen) atoms. The standard InChI is InChI=1S/C29H36ClN3O/c1-31-17-18-33(29(22-31)25-13-7-4-8-14-25)28-16-10-9-15-26(28)23-34-20-19-32(2)21-27(30)24-11-5-3-6-12-24/h3-16,27,29H,17-23H2,1-2H3. The molecule has 1 aliphatic rings. The Balaban J connectivity index is 1.34. The van der Waals surface area contributed by atoms with Gasteiger partial charge in [0.15, 0.2) is 0 Å². The van der Waals surface area contributed by atoms with Crippen molar-refractivity contribution in [3.05, 3.63) is 102 Å². The fourth-order valence-electron chi connectivity index (χ4n) is 4.62. The summed E-state index contributed by atoms with van der Waals surface area (Å²) in [7, 11) is 4.31. The number of hydrogen-bond acceptors (Lipinski definition) is 4. The normalized spacial score (nSPS) is 17.8. The van der Waals surface area contributed by atoms with Crippen LogP contribution < -0.4 is 4.90 Å². The molecule has 4 nitrogen and oxygen atoms in total. The monoisotopic (exact) mass is 477 g/mol. The van der Waals surface area contributed by atoms with Crippen LogP contribution in [0.15, 0.2) is 84.9 Å². The molecule has 180 valence electrons. The van der Waals surface area contributed by atoms with Crippen LogP contribution in [0.5, 0.6) is 0 Å². The number of rotatable bonds is 10. The Morgan fingerprint density at radius 3 is 2.38 bits per heavy atom. The number of ether oxygens (including phenoxy) is 1. The van der Waals surface area contributed by atoms with Crippen molar-refractivity contribution in [3.63, 3.8) is 0 Å². The summed E-state index contributed by atoms with van der Waals surface area (Å²) in [6.07, 6.45) is 0. The molecule has 1 heterocycles. The lowest BCUT2D eigenvalue weighted by atomic mass is 10.0. The zero-order valence-electron chi connectivity index (χ0n) is 20.3. The molecule has 1 saturated heterocycles. The van der Waals surface area contributed by atoms with Crippen molar-refractivity contribution in [3.8, 4) is 0 Å². The molecule has 0 radical (unpaired) electrons. The van der Waals surface area contributed by atoms with Crippen molar-refractivity contribution in [2.45, 2.75) is 18.0 Å². The third-order valence-corrected chi connectivity index (χ3v) is 6.97. The Hall–Kier alpha value is -2.37. The third-order valence-electron chi connectivity index (χ3n) is 6.58. The van der Waals surface area contributed by atoms with Gasteiger partial charge in [0.05, 0.1) is 24.6 Å². The number of piperazine rings is 1. The molecule has 0 spiro atoms. The Bertz CT molecular complexity index is 1000. The first-order valence-electron chi connectivity index (χ1n) is 12.1. The molecule has 0 amide bonds. The van der Waals surface area contributed by atoms with Crippen molar-refractivity contribution in [1.82, 2.24) is 9.80 Å². The van der Waals surface area contributed by atoms with Crippen molar-refractivity contribution in [1.29, 1.82) is 0 Å². The van der Waals surface area contributed by atoms with E-state index in [9.17, 15) is 0 Å². The van der Waals surface area contributed by atoms with E-state index in [1.807, 2.05) is 18.2 Å². The van der Waals surface area contributed by atoms with Crippen LogP contribution in [0.1, 0.15) is 28.1 Å². The Labute approximate surface area is 209 Å². The number of nitrogens with zero attached hydrogens (tertiary/aromatic N) is 3. The molecular weight excluding hydrogens is 442 g/mol. The molecule has 3 aromatic carbocycles. The van der Waals surface area contributed by atoms with Crippen molar-refractivity contribution >= 4 is 17.3 Å². The lowest BCUT2D eigenvalue weighted by Crippen LogP contribution is -2.47. The highest BCUT2D eigenvalue weighted by atomic mass is 35.5. The summed E-state index contributed by atoms with van der Waals surface area (Å²) >= 11 is 6.60. The molecule has 2 unspecified atom stereocenters. The Morgan fingerprint density at radius 1 is 0.941 bits per heavy atom. The van der Waals surface area contributed by atoms with E-state index in [0.29, 0.717) is 19.3 Å². The first-order chi connectivity index (χ1) is 16.6. The summed E-state index contributed by atoms with van der Waals surface area (Å²) in [6.45, 7) is 6.02. The fraction of sp³-hybridized carbons (Fsp3) is 0.379. The van der Waals surface area contributed by atoms with Crippen LogP contribution in [0, 0.1) is 0 Å². The van der Waals surface area contributed by atoms with Gasteiger partial charge in [-0.2, -0.15) is 0 Å². The van der Waals surface area contributed by atoms with Crippen LogP contribution in [0.2, 0.25) is 0 Å². The Kier molecular flexibility index (Phi) is 9.00. The molecule has 0 N–H and O–H groups in total. The topological polar surface area (TPSA) is 19.0 Å². The van der Waals surface area contributed by atoms with Gasteiger partial charge in [0, 0.05) is 44.0 Å². The van der Waals surface area contributed by atoms with Crippen LogP contribution in [0.3, 0.4) is 0 Å². The largest absolute Gasteiger partial charge is 0.375 e. The summed E-state index contributed by atoms with van der Waals surface area (Å²) < 4.78 is 6.15. The van der Waals surface area contributed by atoms with E-state index in [4.69, 9.17) is 16.3 Å². The van der Waals surface area contributed by atoms with Gasteiger partial charge in [-0.05, 0) is 31.3 Å². The summed E-state index contributed by atoms with van der Waals surface area (Å²) in [4.78, 5) is 7.21. The molecule has 4 rings (SSSR count). The number of hydrogen-bond donors (Lipinski definition) is 0. The highest BCUT2D eigenvalue weighted by Gasteiger charge is 2.28. The predicted molar refractivity (Wildman–Crippen MR) is 143 cm³/mol. The maximum Gasteiger partial charge on any atom is 0.0737 e. The third kappa shape index (κ3) is 6.61. The number of benzene rings is 3. The second-order valence-electron chi connectivity index (χ2n) is 9.20. The maximum atomic E-state index is 6.60. The minimum absolute atomic E-state index is 0.0147. The van der Waals surface area contributed by atoms with Gasteiger partial charge in [0.2, 0.25) is 0 Å². The van der Waals surface area contributed by atoms with Gasteiger partial charge >= 0.3 is 0 Å². The highest BCUT2D eigenvalue weighted by Crippen LogP contribution is 2.33. The van der Waals surface area contributed by atoms with E-state index in [0.717, 1.165) is 38.3 Å². The highest BCUT2D eigenvalue weighted by molar-refractivity contribution is 6.21. The van der Waals surface area contributed by atoms with Crippen LogP contribution in [0.4, 0.5) is 5.69 Å². The van der Waals surface area contributed by atoms with Gasteiger partial charge in [-0.15, -0.1) is 11.6 Å². The first kappa shape index (κ1) is 24.7. The predicted octanol–water partition coefficient (Wildman–Crippen LogP) is 5.61. The second kappa shape index (κ2) is 12.4. The number of para-hydroxylation sites is 1. The van der Waals surface area contributed by atoms with E-state index in [-0.39, 0.29) is 5.38 Å². The molecule has 1 aliphatic heterocycles. The number of anilines is 1. The van der Waals surface area contributed by atoms with E-state index < -0.39 is 0 Å². The number of alkyl halides is 1. The molecule has 2 atom stereocenters. The van der Waals surface area contributed by atoms with Gasteiger partial charge in [-0.1, -0.05) is 78.9 Å². The van der Waals surface area contributed by atoms with Crippen LogP contribution in [-0.4, -0.2) is 63.2 Å². The van der Waals surface area contributed by atoms with E-state index in [1.165, 1.54) is 16.8 Å². The first-order valence-corrected chi connectivity index (χ1v) is 12.6. The smallest absolute Gasteiger partial charge is 0.0737 e.